The zero-order chi connectivity index (χ0) is 26.9. The van der Waals surface area contributed by atoms with Gasteiger partial charge in [0.25, 0.3) is 10.0 Å². The minimum absolute atomic E-state index is 0.00912. The Bertz CT molecular complexity index is 1270. The highest BCUT2D eigenvalue weighted by Gasteiger charge is 2.51. The molecule has 0 fully saturated rings. The summed E-state index contributed by atoms with van der Waals surface area (Å²) in [5.74, 6) is -1.02. The van der Waals surface area contributed by atoms with E-state index >= 15 is 0 Å². The molecule has 0 aliphatic carbocycles. The van der Waals surface area contributed by atoms with Gasteiger partial charge in [0, 0.05) is 17.1 Å². The van der Waals surface area contributed by atoms with Crippen molar-refractivity contribution >= 4 is 45.1 Å². The molecule has 0 aromatic heterocycles. The smallest absolute Gasteiger partial charge is 0.427 e. The molecule has 14 heteroatoms. The monoisotopic (exact) mass is 550 g/mol. The Hall–Kier alpha value is -3.19. The Labute approximate surface area is 209 Å². The van der Waals surface area contributed by atoms with Crippen LogP contribution in [0.15, 0.2) is 47.4 Å². The molecule has 1 atom stereocenters. The molecule has 9 nitrogen and oxygen atoms in total. The molecule has 1 aliphatic rings. The normalized spacial score (nSPS) is 16.1. The van der Waals surface area contributed by atoms with Crippen molar-refractivity contribution in [3.8, 4) is 5.75 Å². The van der Waals surface area contributed by atoms with Gasteiger partial charge in [-0.05, 0) is 56.7 Å². The van der Waals surface area contributed by atoms with Gasteiger partial charge in [-0.2, -0.15) is 13.2 Å². The summed E-state index contributed by atoms with van der Waals surface area (Å²) in [4.78, 5) is 23.0. The number of halogens is 4. The van der Waals surface area contributed by atoms with Crippen molar-refractivity contribution in [3.05, 3.63) is 47.5 Å². The Morgan fingerprint density at radius 2 is 1.92 bits per heavy atom. The molecule has 3 rings (SSSR count). The first kappa shape index (κ1) is 27.4. The SMILES string of the molecule is CC(C)(OC(=O)Nc1ccc2c(c1)N(S(=O)(=O)c1cccc(Cl)c1)C[C@H](CCC(=O)O)O2)C(F)(F)F. The molecule has 2 aromatic rings. The number of hydrogen-bond acceptors (Lipinski definition) is 6. The van der Waals surface area contributed by atoms with Crippen LogP contribution in [-0.2, 0) is 19.6 Å². The fourth-order valence-corrected chi connectivity index (χ4v) is 5.04. The number of nitrogens with zero attached hydrogens (tertiary/aromatic N) is 1. The second kappa shape index (κ2) is 10.1. The van der Waals surface area contributed by atoms with E-state index in [4.69, 9.17) is 21.4 Å². The van der Waals surface area contributed by atoms with Crippen LogP contribution in [0.3, 0.4) is 0 Å². The number of carboxylic acids is 1. The topological polar surface area (TPSA) is 122 Å². The van der Waals surface area contributed by atoms with Crippen LogP contribution in [0, 0.1) is 0 Å². The number of alkyl halides is 3. The van der Waals surface area contributed by atoms with Gasteiger partial charge in [-0.1, -0.05) is 17.7 Å². The van der Waals surface area contributed by atoms with E-state index in [1.54, 1.807) is 0 Å². The number of anilines is 2. The van der Waals surface area contributed by atoms with E-state index in [1.165, 1.54) is 42.5 Å². The lowest BCUT2D eigenvalue weighted by atomic mass is 10.1. The zero-order valence-electron chi connectivity index (χ0n) is 19.0. The lowest BCUT2D eigenvalue weighted by Gasteiger charge is -2.35. The molecular weight excluding hydrogens is 529 g/mol. The number of aliphatic carboxylic acids is 1. The van der Waals surface area contributed by atoms with Gasteiger partial charge in [-0.3, -0.25) is 14.4 Å². The highest BCUT2D eigenvalue weighted by molar-refractivity contribution is 7.92. The summed E-state index contributed by atoms with van der Waals surface area (Å²) in [7, 11) is -4.23. The molecule has 1 amide bonds. The molecule has 0 saturated heterocycles. The quantitative estimate of drug-likeness (QED) is 0.494. The Balaban J connectivity index is 1.96. The second-order valence-electron chi connectivity index (χ2n) is 8.37. The first-order valence-corrected chi connectivity index (χ1v) is 12.3. The van der Waals surface area contributed by atoms with Crippen molar-refractivity contribution in [2.75, 3.05) is 16.2 Å². The van der Waals surface area contributed by atoms with Crippen LogP contribution in [0.4, 0.5) is 29.3 Å². The van der Waals surface area contributed by atoms with E-state index in [0.29, 0.717) is 13.8 Å². The third-order valence-electron chi connectivity index (χ3n) is 5.23. The van der Waals surface area contributed by atoms with Gasteiger partial charge < -0.3 is 14.6 Å². The van der Waals surface area contributed by atoms with Crippen LogP contribution in [0.5, 0.6) is 5.75 Å². The molecule has 2 aromatic carbocycles. The fraction of sp³-hybridized carbons (Fsp3) is 0.364. The zero-order valence-corrected chi connectivity index (χ0v) is 20.6. The van der Waals surface area contributed by atoms with Crippen molar-refractivity contribution in [2.45, 2.75) is 49.5 Å². The Morgan fingerprint density at radius 3 is 2.53 bits per heavy atom. The molecule has 2 N–H and O–H groups in total. The van der Waals surface area contributed by atoms with E-state index in [-0.39, 0.29) is 46.4 Å². The van der Waals surface area contributed by atoms with Crippen molar-refractivity contribution in [2.24, 2.45) is 0 Å². The maximum atomic E-state index is 13.5. The van der Waals surface area contributed by atoms with E-state index < -0.39 is 40.0 Å². The highest BCUT2D eigenvalue weighted by atomic mass is 35.5. The first-order chi connectivity index (χ1) is 16.6. The molecule has 36 heavy (non-hydrogen) atoms. The second-order valence-corrected chi connectivity index (χ2v) is 10.7. The Morgan fingerprint density at radius 1 is 1.22 bits per heavy atom. The van der Waals surface area contributed by atoms with Gasteiger partial charge in [-0.15, -0.1) is 0 Å². The molecule has 0 bridgehead atoms. The summed E-state index contributed by atoms with van der Waals surface area (Å²) >= 11 is 5.96. The number of fused-ring (bicyclic) bond motifs is 1. The van der Waals surface area contributed by atoms with E-state index in [0.717, 1.165) is 4.31 Å². The number of nitrogens with one attached hydrogen (secondary N) is 1. The summed E-state index contributed by atoms with van der Waals surface area (Å²) in [5, 5.41) is 11.3. The minimum Gasteiger partial charge on any atom is -0.486 e. The van der Waals surface area contributed by atoms with Crippen molar-refractivity contribution in [1.82, 2.24) is 0 Å². The van der Waals surface area contributed by atoms with Crippen molar-refractivity contribution in [1.29, 1.82) is 0 Å². The largest absolute Gasteiger partial charge is 0.486 e. The summed E-state index contributed by atoms with van der Waals surface area (Å²) in [6, 6.07) is 9.27. The number of carboxylic acid groups (broad SMARTS) is 1. The van der Waals surface area contributed by atoms with Crippen LogP contribution < -0.4 is 14.4 Å². The molecule has 0 spiro atoms. The van der Waals surface area contributed by atoms with E-state index in [2.05, 4.69) is 10.1 Å². The van der Waals surface area contributed by atoms with Gasteiger partial charge in [0.15, 0.2) is 0 Å². The molecular formula is C22H22ClF3N2O7S. The first-order valence-electron chi connectivity index (χ1n) is 10.5. The van der Waals surface area contributed by atoms with E-state index in [1.807, 2.05) is 0 Å². The average molecular weight is 551 g/mol. The molecule has 0 saturated carbocycles. The lowest BCUT2D eigenvalue weighted by molar-refractivity contribution is -0.242. The summed E-state index contributed by atoms with van der Waals surface area (Å²) in [5.41, 5.74) is -2.85. The number of amides is 1. The Kier molecular flexibility index (Phi) is 7.65. The summed E-state index contributed by atoms with van der Waals surface area (Å²) in [6.45, 7) is 1.11. The number of carbonyl (C=O) groups excluding carboxylic acids is 1. The average Bonchev–Trinajstić information content (AvgIpc) is 2.76. The van der Waals surface area contributed by atoms with Gasteiger partial charge in [0.2, 0.25) is 5.60 Å². The van der Waals surface area contributed by atoms with Crippen molar-refractivity contribution < 1.29 is 45.8 Å². The number of carbonyl (C=O) groups is 2. The van der Waals surface area contributed by atoms with Gasteiger partial charge in [-0.25, -0.2) is 13.2 Å². The number of ether oxygens (including phenoxy) is 2. The fourth-order valence-electron chi connectivity index (χ4n) is 3.24. The summed E-state index contributed by atoms with van der Waals surface area (Å²) < 4.78 is 77.3. The van der Waals surface area contributed by atoms with Crippen LogP contribution in [0.25, 0.3) is 0 Å². The van der Waals surface area contributed by atoms with Gasteiger partial charge in [0.1, 0.15) is 11.9 Å². The maximum Gasteiger partial charge on any atom is 0.427 e. The number of benzene rings is 2. The number of rotatable bonds is 7. The number of sulfonamides is 1. The predicted molar refractivity (Wildman–Crippen MR) is 124 cm³/mol. The van der Waals surface area contributed by atoms with Crippen LogP contribution in [0.2, 0.25) is 5.02 Å². The van der Waals surface area contributed by atoms with Crippen LogP contribution >= 0.6 is 11.6 Å². The van der Waals surface area contributed by atoms with Crippen molar-refractivity contribution in [3.63, 3.8) is 0 Å². The molecule has 1 aliphatic heterocycles. The maximum absolute atomic E-state index is 13.5. The third-order valence-corrected chi connectivity index (χ3v) is 7.24. The summed E-state index contributed by atoms with van der Waals surface area (Å²) in [6.07, 6.45) is -7.29. The molecule has 196 valence electrons. The molecule has 0 radical (unpaired) electrons. The number of hydrogen-bond donors (Lipinski definition) is 2. The molecule has 0 unspecified atom stereocenters. The van der Waals surface area contributed by atoms with Gasteiger partial charge >= 0.3 is 18.2 Å². The van der Waals surface area contributed by atoms with Crippen LogP contribution in [0.1, 0.15) is 26.7 Å². The standard InChI is InChI=1S/C22H22ClF3N2O7S/c1-21(2,22(24,25)26)35-20(31)27-14-6-8-18-17(11-14)28(12-15(34-18)7-9-19(29)30)36(32,33)16-5-3-4-13(23)10-16/h3-6,8,10-11,15H,7,9,12H2,1-2H3,(H,27,31)(H,29,30)/t15-/m0/s1. The predicted octanol–water partition coefficient (Wildman–Crippen LogP) is 5.05. The highest BCUT2D eigenvalue weighted by Crippen LogP contribution is 2.40. The molecule has 1 heterocycles. The van der Waals surface area contributed by atoms with Crippen LogP contribution in [-0.4, -0.2) is 50.0 Å². The van der Waals surface area contributed by atoms with Gasteiger partial charge in [0.05, 0.1) is 17.1 Å². The third kappa shape index (κ3) is 6.13. The van der Waals surface area contributed by atoms with E-state index in [9.17, 15) is 31.2 Å². The minimum atomic E-state index is -4.82. The lowest BCUT2D eigenvalue weighted by Crippen LogP contribution is -2.44.